The van der Waals surface area contributed by atoms with E-state index in [4.69, 9.17) is 5.11 Å². The molecule has 1 N–H and O–H groups in total. The topological polar surface area (TPSA) is 49.2 Å². The van der Waals surface area contributed by atoms with Gasteiger partial charge in [0.1, 0.15) is 16.2 Å². The molecule has 0 saturated heterocycles. The summed E-state index contributed by atoms with van der Waals surface area (Å²) in [6, 6.07) is 1.84. The van der Waals surface area contributed by atoms with Crippen LogP contribution in [0.2, 0.25) is 0 Å². The van der Waals surface area contributed by atoms with Crippen molar-refractivity contribution < 1.29 is 5.11 Å². The molecule has 0 aromatic carbocycles. The highest BCUT2D eigenvalue weighted by atomic mass is 79.9. The van der Waals surface area contributed by atoms with Gasteiger partial charge in [0.25, 0.3) is 0 Å². The number of aliphatic hydroxyl groups is 1. The molecule has 0 atom stereocenters. The summed E-state index contributed by atoms with van der Waals surface area (Å²) in [6.07, 6.45) is 0.805. The van der Waals surface area contributed by atoms with E-state index >= 15 is 0 Å². The molecule has 1 aromatic rings. The van der Waals surface area contributed by atoms with Crippen LogP contribution >= 0.6 is 15.9 Å². The summed E-state index contributed by atoms with van der Waals surface area (Å²) in [4.78, 5) is 10.4. The first-order valence-electron chi connectivity index (χ1n) is 4.52. The molecule has 0 unspecified atom stereocenters. The minimum atomic E-state index is 0.125. The molecule has 4 nitrogen and oxygen atoms in total. The van der Waals surface area contributed by atoms with Gasteiger partial charge >= 0.3 is 0 Å². The van der Waals surface area contributed by atoms with E-state index in [2.05, 4.69) is 25.9 Å². The highest BCUT2D eigenvalue weighted by Gasteiger charge is 2.05. The number of aryl methyl sites for hydroxylation is 1. The summed E-state index contributed by atoms with van der Waals surface area (Å²) in [5.41, 5.74) is 0. The second-order valence-electron chi connectivity index (χ2n) is 2.96. The second kappa shape index (κ2) is 5.26. The van der Waals surface area contributed by atoms with Crippen LogP contribution in [0.5, 0.6) is 0 Å². The van der Waals surface area contributed by atoms with Gasteiger partial charge in [0.2, 0.25) is 0 Å². The van der Waals surface area contributed by atoms with Crippen LogP contribution < -0.4 is 4.90 Å². The van der Waals surface area contributed by atoms with Crippen LogP contribution in [0.1, 0.15) is 12.7 Å². The lowest BCUT2D eigenvalue weighted by Gasteiger charge is -2.17. The van der Waals surface area contributed by atoms with Gasteiger partial charge in [-0.25, -0.2) is 9.97 Å². The van der Waals surface area contributed by atoms with E-state index in [-0.39, 0.29) is 6.61 Å². The molecule has 1 rings (SSSR count). The van der Waals surface area contributed by atoms with Gasteiger partial charge in [-0.1, -0.05) is 6.92 Å². The van der Waals surface area contributed by atoms with Gasteiger partial charge in [-0.3, -0.25) is 0 Å². The van der Waals surface area contributed by atoms with Crippen molar-refractivity contribution in [3.8, 4) is 0 Å². The SMILES string of the molecule is CCc1nc(Br)cc(N(C)CCO)n1. The Bertz CT molecular complexity index is 306. The number of hydrogen-bond acceptors (Lipinski definition) is 4. The smallest absolute Gasteiger partial charge is 0.133 e. The zero-order chi connectivity index (χ0) is 10.6. The fourth-order valence-electron chi connectivity index (χ4n) is 1.07. The zero-order valence-electron chi connectivity index (χ0n) is 8.37. The largest absolute Gasteiger partial charge is 0.395 e. The zero-order valence-corrected chi connectivity index (χ0v) is 9.95. The third-order valence-corrected chi connectivity index (χ3v) is 2.28. The number of hydrogen-bond donors (Lipinski definition) is 1. The van der Waals surface area contributed by atoms with Crippen LogP contribution in [-0.4, -0.2) is 35.3 Å². The molecule has 0 aliphatic rings. The van der Waals surface area contributed by atoms with Crippen molar-refractivity contribution in [1.29, 1.82) is 0 Å². The summed E-state index contributed by atoms with van der Waals surface area (Å²) in [6.45, 7) is 2.71. The third-order valence-electron chi connectivity index (χ3n) is 1.87. The summed E-state index contributed by atoms with van der Waals surface area (Å²) in [7, 11) is 1.89. The van der Waals surface area contributed by atoms with Crippen molar-refractivity contribution in [2.24, 2.45) is 0 Å². The number of rotatable bonds is 4. The predicted octanol–water partition coefficient (Wildman–Crippen LogP) is 1.23. The van der Waals surface area contributed by atoms with Gasteiger partial charge in [0.15, 0.2) is 0 Å². The second-order valence-corrected chi connectivity index (χ2v) is 3.78. The first-order chi connectivity index (χ1) is 6.67. The third kappa shape index (κ3) is 2.92. The molecule has 1 heterocycles. The van der Waals surface area contributed by atoms with Crippen molar-refractivity contribution in [1.82, 2.24) is 9.97 Å². The minimum absolute atomic E-state index is 0.125. The van der Waals surface area contributed by atoms with Gasteiger partial charge in [-0.15, -0.1) is 0 Å². The van der Waals surface area contributed by atoms with Crippen molar-refractivity contribution in [2.45, 2.75) is 13.3 Å². The Morgan fingerprint density at radius 1 is 1.50 bits per heavy atom. The van der Waals surface area contributed by atoms with E-state index in [1.165, 1.54) is 0 Å². The number of halogens is 1. The quantitative estimate of drug-likeness (QED) is 0.827. The molecule has 0 amide bonds. The lowest BCUT2D eigenvalue weighted by atomic mass is 10.4. The van der Waals surface area contributed by atoms with E-state index in [1.54, 1.807) is 0 Å². The first-order valence-corrected chi connectivity index (χ1v) is 5.32. The molecular weight excluding hydrogens is 246 g/mol. The maximum absolute atomic E-state index is 8.80. The summed E-state index contributed by atoms with van der Waals surface area (Å²) >= 11 is 3.33. The van der Waals surface area contributed by atoms with Crippen LogP contribution in [0.15, 0.2) is 10.7 Å². The number of anilines is 1. The maximum Gasteiger partial charge on any atom is 0.133 e. The van der Waals surface area contributed by atoms with Gasteiger partial charge < -0.3 is 10.0 Å². The molecule has 0 aliphatic carbocycles. The Labute approximate surface area is 92.1 Å². The van der Waals surface area contributed by atoms with E-state index in [1.807, 2.05) is 24.9 Å². The summed E-state index contributed by atoms with van der Waals surface area (Å²) < 4.78 is 0.782. The van der Waals surface area contributed by atoms with Crippen molar-refractivity contribution >= 4 is 21.7 Å². The van der Waals surface area contributed by atoms with Crippen LogP contribution in [0.3, 0.4) is 0 Å². The molecule has 0 saturated carbocycles. The standard InChI is InChI=1S/C9H14BrN3O/c1-3-8-11-7(10)6-9(12-8)13(2)4-5-14/h6,14H,3-5H2,1-2H3. The summed E-state index contributed by atoms with van der Waals surface area (Å²) in [5.74, 6) is 1.64. The fourth-order valence-corrected chi connectivity index (χ4v) is 1.48. The number of nitrogens with zero attached hydrogens (tertiary/aromatic N) is 3. The Hall–Kier alpha value is -0.680. The van der Waals surface area contributed by atoms with E-state index in [9.17, 15) is 0 Å². The van der Waals surface area contributed by atoms with Crippen LogP contribution in [-0.2, 0) is 6.42 Å². The minimum Gasteiger partial charge on any atom is -0.395 e. The maximum atomic E-state index is 8.80. The van der Waals surface area contributed by atoms with Gasteiger partial charge in [0, 0.05) is 26.1 Å². The van der Waals surface area contributed by atoms with E-state index < -0.39 is 0 Å². The van der Waals surface area contributed by atoms with Crippen molar-refractivity contribution in [3.05, 3.63) is 16.5 Å². The van der Waals surface area contributed by atoms with Crippen LogP contribution in [0.25, 0.3) is 0 Å². The number of aromatic nitrogens is 2. The number of likely N-dealkylation sites (N-methyl/N-ethyl adjacent to an activating group) is 1. The molecule has 0 fully saturated rings. The van der Waals surface area contributed by atoms with Crippen LogP contribution in [0.4, 0.5) is 5.82 Å². The molecule has 78 valence electrons. The molecule has 14 heavy (non-hydrogen) atoms. The van der Waals surface area contributed by atoms with Crippen molar-refractivity contribution in [3.63, 3.8) is 0 Å². The molecule has 0 radical (unpaired) electrons. The highest BCUT2D eigenvalue weighted by Crippen LogP contribution is 2.15. The van der Waals surface area contributed by atoms with E-state index in [0.717, 1.165) is 22.7 Å². The molecule has 0 bridgehead atoms. The van der Waals surface area contributed by atoms with Gasteiger partial charge in [-0.05, 0) is 15.9 Å². The predicted molar refractivity (Wildman–Crippen MR) is 59.5 cm³/mol. The lowest BCUT2D eigenvalue weighted by Crippen LogP contribution is -2.22. The molecule has 0 spiro atoms. The number of aliphatic hydroxyl groups excluding tert-OH is 1. The average Bonchev–Trinajstić information content (AvgIpc) is 2.17. The fraction of sp³-hybridized carbons (Fsp3) is 0.556. The Kier molecular flexibility index (Phi) is 4.28. The molecular formula is C9H14BrN3O. The first kappa shape index (κ1) is 11.4. The molecule has 0 aliphatic heterocycles. The normalized spacial score (nSPS) is 10.3. The monoisotopic (exact) mass is 259 g/mol. The van der Waals surface area contributed by atoms with Gasteiger partial charge in [0.05, 0.1) is 6.61 Å². The lowest BCUT2D eigenvalue weighted by molar-refractivity contribution is 0.304. The molecule has 5 heteroatoms. The average molecular weight is 260 g/mol. The Morgan fingerprint density at radius 2 is 2.21 bits per heavy atom. The van der Waals surface area contributed by atoms with Crippen LogP contribution in [0, 0.1) is 0 Å². The Balaban J connectivity index is 2.90. The highest BCUT2D eigenvalue weighted by molar-refractivity contribution is 9.10. The summed E-state index contributed by atoms with van der Waals surface area (Å²) in [5, 5.41) is 8.80. The van der Waals surface area contributed by atoms with Crippen molar-refractivity contribution in [2.75, 3.05) is 25.1 Å². The Morgan fingerprint density at radius 3 is 2.79 bits per heavy atom. The molecule has 1 aromatic heterocycles. The van der Waals surface area contributed by atoms with Gasteiger partial charge in [-0.2, -0.15) is 0 Å². The van der Waals surface area contributed by atoms with E-state index in [0.29, 0.717) is 6.54 Å².